The van der Waals surface area contributed by atoms with Crippen molar-refractivity contribution in [2.24, 2.45) is 16.8 Å². The SMILES string of the molecule is [N-]=[N+]=Nc1ccc(C(=O)NN)c(C(=O)NN)c1. The number of hydrazine groups is 2. The van der Waals surface area contributed by atoms with Gasteiger partial charge in [-0.25, -0.2) is 11.7 Å². The first-order valence-electron chi connectivity index (χ1n) is 4.35. The molecule has 88 valence electrons. The topological polar surface area (TPSA) is 159 Å². The number of azide groups is 1. The second-order valence-electron chi connectivity index (χ2n) is 2.87. The van der Waals surface area contributed by atoms with E-state index in [1.807, 2.05) is 10.9 Å². The summed E-state index contributed by atoms with van der Waals surface area (Å²) in [7, 11) is 0. The molecule has 17 heavy (non-hydrogen) atoms. The molecule has 0 aliphatic rings. The quantitative estimate of drug-likeness (QED) is 0.143. The van der Waals surface area contributed by atoms with E-state index < -0.39 is 11.8 Å². The van der Waals surface area contributed by atoms with Crippen LogP contribution in [0, 0.1) is 0 Å². The van der Waals surface area contributed by atoms with Crippen molar-refractivity contribution in [1.29, 1.82) is 0 Å². The Hall–Kier alpha value is -2.61. The Morgan fingerprint density at radius 2 is 1.76 bits per heavy atom. The van der Waals surface area contributed by atoms with Crippen molar-refractivity contribution in [2.75, 3.05) is 0 Å². The van der Waals surface area contributed by atoms with Crippen LogP contribution in [0.3, 0.4) is 0 Å². The third-order valence-corrected chi connectivity index (χ3v) is 1.91. The molecule has 0 atom stereocenters. The van der Waals surface area contributed by atoms with Crippen LogP contribution in [0.25, 0.3) is 10.4 Å². The second-order valence-corrected chi connectivity index (χ2v) is 2.87. The fourth-order valence-electron chi connectivity index (χ4n) is 1.19. The molecule has 1 aromatic carbocycles. The van der Waals surface area contributed by atoms with Gasteiger partial charge in [0.15, 0.2) is 0 Å². The molecule has 6 N–H and O–H groups in total. The molecule has 2 amide bonds. The standard InChI is InChI=1S/C8H9N7O2/c9-12-7(16)5-2-1-4(14-15-11)3-6(5)8(17)13-10/h1-3H,9-10H2,(H,12,16)(H,13,17). The van der Waals surface area contributed by atoms with E-state index in [4.69, 9.17) is 17.2 Å². The van der Waals surface area contributed by atoms with E-state index in [9.17, 15) is 9.59 Å². The molecule has 0 aromatic heterocycles. The number of benzene rings is 1. The molecule has 0 saturated heterocycles. The van der Waals surface area contributed by atoms with Crippen LogP contribution < -0.4 is 22.5 Å². The summed E-state index contributed by atoms with van der Waals surface area (Å²) in [6.07, 6.45) is 0. The molecule has 1 aromatic rings. The predicted molar refractivity (Wildman–Crippen MR) is 58.6 cm³/mol. The molecule has 0 bridgehead atoms. The van der Waals surface area contributed by atoms with Gasteiger partial charge >= 0.3 is 0 Å². The smallest absolute Gasteiger partial charge is 0.265 e. The normalized spacial score (nSPS) is 9.06. The van der Waals surface area contributed by atoms with Crippen molar-refractivity contribution in [1.82, 2.24) is 10.9 Å². The molecule has 9 heteroatoms. The van der Waals surface area contributed by atoms with Crippen LogP contribution in [-0.2, 0) is 0 Å². The number of carbonyl (C=O) groups is 2. The Morgan fingerprint density at radius 3 is 2.29 bits per heavy atom. The molecular formula is C8H9N7O2. The molecule has 9 nitrogen and oxygen atoms in total. The van der Waals surface area contributed by atoms with Gasteiger partial charge in [-0.3, -0.25) is 20.4 Å². The van der Waals surface area contributed by atoms with E-state index in [-0.39, 0.29) is 16.8 Å². The zero-order valence-corrected chi connectivity index (χ0v) is 8.54. The van der Waals surface area contributed by atoms with Crippen LogP contribution in [0.2, 0.25) is 0 Å². The summed E-state index contributed by atoms with van der Waals surface area (Å²) in [5.41, 5.74) is 12.2. The lowest BCUT2D eigenvalue weighted by Gasteiger charge is -2.07. The highest BCUT2D eigenvalue weighted by atomic mass is 16.2. The third-order valence-electron chi connectivity index (χ3n) is 1.91. The number of nitrogens with zero attached hydrogens (tertiary/aromatic N) is 3. The molecule has 0 aliphatic heterocycles. The highest BCUT2D eigenvalue weighted by molar-refractivity contribution is 6.07. The predicted octanol–water partition coefficient (Wildman–Crippen LogP) is -0.165. The molecular weight excluding hydrogens is 226 g/mol. The number of hydrogen-bond acceptors (Lipinski definition) is 5. The van der Waals surface area contributed by atoms with Crippen molar-refractivity contribution in [3.05, 3.63) is 39.8 Å². The largest absolute Gasteiger partial charge is 0.290 e. The number of rotatable bonds is 3. The summed E-state index contributed by atoms with van der Waals surface area (Å²) in [6.45, 7) is 0. The van der Waals surface area contributed by atoms with Gasteiger partial charge < -0.3 is 0 Å². The molecule has 0 radical (unpaired) electrons. The lowest BCUT2D eigenvalue weighted by atomic mass is 10.1. The van der Waals surface area contributed by atoms with Crippen molar-refractivity contribution in [3.8, 4) is 0 Å². The van der Waals surface area contributed by atoms with E-state index in [2.05, 4.69) is 10.0 Å². The Labute approximate surface area is 95.3 Å². The van der Waals surface area contributed by atoms with Crippen LogP contribution >= 0.6 is 0 Å². The van der Waals surface area contributed by atoms with Gasteiger partial charge in [-0.05, 0) is 17.7 Å². The number of amides is 2. The number of nitrogen functional groups attached to an aromatic ring is 2. The van der Waals surface area contributed by atoms with Gasteiger partial charge in [0.05, 0.1) is 11.1 Å². The fourth-order valence-corrected chi connectivity index (χ4v) is 1.19. The van der Waals surface area contributed by atoms with Gasteiger partial charge in [-0.2, -0.15) is 0 Å². The number of nitrogens with one attached hydrogen (secondary N) is 2. The van der Waals surface area contributed by atoms with Gasteiger partial charge in [-0.15, -0.1) is 0 Å². The van der Waals surface area contributed by atoms with Gasteiger partial charge in [-0.1, -0.05) is 11.2 Å². The molecule has 0 fully saturated rings. The fraction of sp³-hybridized carbons (Fsp3) is 0. The van der Waals surface area contributed by atoms with Crippen LogP contribution in [0.1, 0.15) is 20.7 Å². The maximum absolute atomic E-state index is 11.4. The number of carbonyl (C=O) groups excluding carboxylic acids is 2. The van der Waals surface area contributed by atoms with E-state index in [0.29, 0.717) is 0 Å². The Morgan fingerprint density at radius 1 is 1.18 bits per heavy atom. The van der Waals surface area contributed by atoms with Crippen molar-refractivity contribution >= 4 is 17.5 Å². The third kappa shape index (κ3) is 2.69. The first-order valence-corrected chi connectivity index (χ1v) is 4.35. The highest BCUT2D eigenvalue weighted by Crippen LogP contribution is 2.18. The summed E-state index contributed by atoms with van der Waals surface area (Å²) in [5, 5.41) is 3.31. The zero-order valence-electron chi connectivity index (χ0n) is 8.54. The summed E-state index contributed by atoms with van der Waals surface area (Å²) >= 11 is 0. The maximum Gasteiger partial charge on any atom is 0.265 e. The van der Waals surface area contributed by atoms with Crippen LogP contribution in [-0.4, -0.2) is 11.8 Å². The van der Waals surface area contributed by atoms with Crippen LogP contribution in [0.15, 0.2) is 23.3 Å². The van der Waals surface area contributed by atoms with Crippen LogP contribution in [0.5, 0.6) is 0 Å². The summed E-state index contributed by atoms with van der Waals surface area (Å²) < 4.78 is 0. The number of nitrogens with two attached hydrogens (primary N) is 2. The van der Waals surface area contributed by atoms with Crippen molar-refractivity contribution < 1.29 is 9.59 Å². The molecule has 1 rings (SSSR count). The lowest BCUT2D eigenvalue weighted by Crippen LogP contribution is -2.35. The Bertz CT molecular complexity index is 507. The Kier molecular flexibility index (Phi) is 4.01. The maximum atomic E-state index is 11.4. The van der Waals surface area contributed by atoms with Gasteiger partial charge in [0.25, 0.3) is 11.8 Å². The monoisotopic (exact) mass is 235 g/mol. The average Bonchev–Trinajstić information content (AvgIpc) is 2.37. The minimum Gasteiger partial charge on any atom is -0.290 e. The lowest BCUT2D eigenvalue weighted by molar-refractivity contribution is 0.0919. The second kappa shape index (κ2) is 5.47. The minimum absolute atomic E-state index is 0.0207. The summed E-state index contributed by atoms with van der Waals surface area (Å²) in [6, 6.07) is 3.90. The number of hydrogen-bond donors (Lipinski definition) is 4. The van der Waals surface area contributed by atoms with E-state index in [0.717, 1.165) is 0 Å². The minimum atomic E-state index is -0.696. The van der Waals surface area contributed by atoms with Crippen molar-refractivity contribution in [3.63, 3.8) is 0 Å². The molecule has 0 saturated carbocycles. The van der Waals surface area contributed by atoms with E-state index in [1.165, 1.54) is 18.2 Å². The molecule has 0 aliphatic carbocycles. The average molecular weight is 235 g/mol. The first-order chi connectivity index (χ1) is 8.13. The molecule has 0 heterocycles. The van der Waals surface area contributed by atoms with Gasteiger partial charge in [0.1, 0.15) is 0 Å². The van der Waals surface area contributed by atoms with E-state index in [1.54, 1.807) is 0 Å². The van der Waals surface area contributed by atoms with Crippen molar-refractivity contribution in [2.45, 2.75) is 0 Å². The van der Waals surface area contributed by atoms with Crippen LogP contribution in [0.4, 0.5) is 5.69 Å². The Balaban J connectivity index is 3.35. The van der Waals surface area contributed by atoms with Gasteiger partial charge in [0.2, 0.25) is 0 Å². The summed E-state index contributed by atoms with van der Waals surface area (Å²) in [5.74, 6) is 8.59. The van der Waals surface area contributed by atoms with E-state index >= 15 is 0 Å². The van der Waals surface area contributed by atoms with Gasteiger partial charge in [0, 0.05) is 10.6 Å². The zero-order chi connectivity index (χ0) is 12.8. The highest BCUT2D eigenvalue weighted by Gasteiger charge is 2.16. The first kappa shape index (κ1) is 12.5. The molecule has 0 spiro atoms. The summed E-state index contributed by atoms with van der Waals surface area (Å²) in [4.78, 5) is 25.3. The molecule has 0 unspecified atom stereocenters.